The van der Waals surface area contributed by atoms with Gasteiger partial charge in [-0.1, -0.05) is 0 Å². The summed E-state index contributed by atoms with van der Waals surface area (Å²) in [5.74, 6) is -1.15. The zero-order valence-corrected chi connectivity index (χ0v) is 10.8. The lowest BCUT2D eigenvalue weighted by Crippen LogP contribution is -2.27. The van der Waals surface area contributed by atoms with Crippen molar-refractivity contribution in [2.45, 2.75) is 37.6 Å². The minimum atomic E-state index is -0.753. The van der Waals surface area contributed by atoms with Crippen LogP contribution in [0.4, 0.5) is 5.13 Å². The van der Waals surface area contributed by atoms with Crippen LogP contribution in [0.3, 0.4) is 0 Å². The first-order valence-electron chi connectivity index (χ1n) is 6.30. The number of carbonyl (C=O) groups is 1. The van der Waals surface area contributed by atoms with E-state index >= 15 is 0 Å². The number of aryl methyl sites for hydroxylation is 1. The minimum absolute atomic E-state index is 0.401. The molecule has 1 aliphatic heterocycles. The highest BCUT2D eigenvalue weighted by Crippen LogP contribution is 2.38. The molecule has 18 heavy (non-hydrogen) atoms. The molecule has 1 saturated heterocycles. The van der Waals surface area contributed by atoms with Gasteiger partial charge in [-0.3, -0.25) is 4.79 Å². The van der Waals surface area contributed by atoms with Crippen LogP contribution in [-0.2, 0) is 16.0 Å². The number of hydrogen-bond acceptors (Lipinski definition) is 5. The molecule has 1 aromatic rings. The summed E-state index contributed by atoms with van der Waals surface area (Å²) in [6.45, 7) is 1.58. The number of aromatic nitrogens is 1. The van der Waals surface area contributed by atoms with Crippen LogP contribution in [0.15, 0.2) is 0 Å². The summed E-state index contributed by atoms with van der Waals surface area (Å²) in [4.78, 5) is 16.7. The van der Waals surface area contributed by atoms with Crippen molar-refractivity contribution in [2.75, 3.05) is 18.5 Å². The summed E-state index contributed by atoms with van der Waals surface area (Å²) in [5, 5.41) is 13.4. The number of ether oxygens (including phenoxy) is 1. The van der Waals surface area contributed by atoms with Crippen LogP contribution < -0.4 is 5.32 Å². The van der Waals surface area contributed by atoms with Crippen molar-refractivity contribution in [1.82, 2.24) is 4.98 Å². The second-order valence-corrected chi connectivity index (χ2v) is 5.87. The third-order valence-electron chi connectivity index (χ3n) is 3.56. The molecule has 3 rings (SSSR count). The van der Waals surface area contributed by atoms with E-state index in [-0.39, 0.29) is 0 Å². The molecule has 1 aliphatic carbocycles. The number of hydrogen-bond donors (Lipinski definition) is 2. The summed E-state index contributed by atoms with van der Waals surface area (Å²) < 4.78 is 5.31. The molecule has 0 aromatic carbocycles. The van der Waals surface area contributed by atoms with Crippen molar-refractivity contribution in [3.8, 4) is 0 Å². The lowest BCUT2D eigenvalue weighted by Gasteiger charge is -2.22. The Bertz CT molecular complexity index is 454. The van der Waals surface area contributed by atoms with Gasteiger partial charge in [0.1, 0.15) is 5.92 Å². The van der Waals surface area contributed by atoms with E-state index in [4.69, 9.17) is 9.84 Å². The van der Waals surface area contributed by atoms with E-state index in [0.717, 1.165) is 48.2 Å². The van der Waals surface area contributed by atoms with E-state index in [2.05, 4.69) is 10.3 Å². The third-order valence-corrected chi connectivity index (χ3v) is 4.63. The lowest BCUT2D eigenvalue weighted by atomic mass is 10.1. The molecule has 1 atom stereocenters. The highest BCUT2D eigenvalue weighted by Gasteiger charge is 2.32. The average molecular weight is 268 g/mol. The van der Waals surface area contributed by atoms with Crippen molar-refractivity contribution in [1.29, 1.82) is 0 Å². The normalized spacial score (nSPS) is 23.9. The Labute approximate surface area is 109 Å². The number of anilines is 1. The monoisotopic (exact) mass is 268 g/mol. The van der Waals surface area contributed by atoms with Gasteiger partial charge in [0.2, 0.25) is 0 Å². The van der Waals surface area contributed by atoms with Crippen molar-refractivity contribution in [3.05, 3.63) is 10.6 Å². The fourth-order valence-corrected chi connectivity index (χ4v) is 3.66. The molecule has 1 unspecified atom stereocenters. The van der Waals surface area contributed by atoms with Crippen molar-refractivity contribution in [2.24, 2.45) is 0 Å². The average Bonchev–Trinajstić information content (AvgIpc) is 2.89. The Kier molecular flexibility index (Phi) is 3.22. The van der Waals surface area contributed by atoms with Gasteiger partial charge in [-0.25, -0.2) is 4.98 Å². The molecule has 6 heteroatoms. The van der Waals surface area contributed by atoms with Gasteiger partial charge in [0.15, 0.2) is 5.13 Å². The van der Waals surface area contributed by atoms with Crippen molar-refractivity contribution >= 4 is 22.4 Å². The van der Waals surface area contributed by atoms with Gasteiger partial charge < -0.3 is 15.2 Å². The Balaban J connectivity index is 1.71. The fourth-order valence-electron chi connectivity index (χ4n) is 2.55. The molecule has 5 nitrogen and oxygen atoms in total. The molecule has 2 heterocycles. The molecule has 0 bridgehead atoms. The number of thiazole rings is 1. The van der Waals surface area contributed by atoms with Gasteiger partial charge in [0, 0.05) is 24.1 Å². The van der Waals surface area contributed by atoms with Gasteiger partial charge in [0.25, 0.3) is 0 Å². The second kappa shape index (κ2) is 4.85. The highest BCUT2D eigenvalue weighted by atomic mass is 32.1. The van der Waals surface area contributed by atoms with E-state index in [1.807, 2.05) is 0 Å². The number of aliphatic carboxylic acids is 1. The number of nitrogens with zero attached hydrogens (tertiary/aromatic N) is 1. The van der Waals surface area contributed by atoms with E-state index in [1.165, 1.54) is 0 Å². The van der Waals surface area contributed by atoms with E-state index in [9.17, 15) is 4.79 Å². The summed E-state index contributed by atoms with van der Waals surface area (Å²) in [6.07, 6.45) is 3.53. The zero-order valence-electron chi connectivity index (χ0n) is 10.0. The molecular formula is C12H16N2O3S. The number of nitrogens with one attached hydrogen (secondary N) is 1. The molecule has 2 N–H and O–H groups in total. The summed E-state index contributed by atoms with van der Waals surface area (Å²) in [5.41, 5.74) is 0.780. The Morgan fingerprint density at radius 3 is 2.89 bits per heavy atom. The van der Waals surface area contributed by atoms with Crippen LogP contribution in [0.5, 0.6) is 0 Å². The molecular weight excluding hydrogens is 252 g/mol. The smallest absolute Gasteiger partial charge is 0.312 e. The number of carboxylic acids is 1. The molecule has 0 radical (unpaired) electrons. The summed E-state index contributed by atoms with van der Waals surface area (Å²) in [7, 11) is 0. The molecule has 2 aliphatic rings. The van der Waals surface area contributed by atoms with Crippen LogP contribution in [-0.4, -0.2) is 35.3 Å². The van der Waals surface area contributed by atoms with Gasteiger partial charge in [0.05, 0.1) is 5.69 Å². The van der Waals surface area contributed by atoms with Crippen molar-refractivity contribution in [3.63, 3.8) is 0 Å². The molecule has 0 spiro atoms. The number of fused-ring (bicyclic) bond motifs is 1. The molecule has 0 amide bonds. The van der Waals surface area contributed by atoms with Gasteiger partial charge in [-0.15, -0.1) is 11.3 Å². The van der Waals surface area contributed by atoms with Gasteiger partial charge in [-0.2, -0.15) is 0 Å². The highest BCUT2D eigenvalue weighted by molar-refractivity contribution is 7.15. The zero-order chi connectivity index (χ0) is 12.5. The predicted octanol–water partition coefficient (Wildman–Crippen LogP) is 1.85. The van der Waals surface area contributed by atoms with Crippen LogP contribution in [0, 0.1) is 0 Å². The van der Waals surface area contributed by atoms with E-state index in [0.29, 0.717) is 12.5 Å². The Morgan fingerprint density at radius 2 is 2.17 bits per heavy atom. The molecule has 0 saturated carbocycles. The maximum Gasteiger partial charge on any atom is 0.312 e. The van der Waals surface area contributed by atoms with Crippen LogP contribution in [0.25, 0.3) is 0 Å². The topological polar surface area (TPSA) is 71.5 Å². The van der Waals surface area contributed by atoms with Gasteiger partial charge >= 0.3 is 5.97 Å². The van der Waals surface area contributed by atoms with E-state index < -0.39 is 11.9 Å². The number of rotatable bonds is 3. The maximum atomic E-state index is 11.1. The first kappa shape index (κ1) is 11.9. The first-order valence-corrected chi connectivity index (χ1v) is 7.12. The van der Waals surface area contributed by atoms with Crippen LogP contribution >= 0.6 is 11.3 Å². The third kappa shape index (κ3) is 2.22. The Morgan fingerprint density at radius 1 is 1.39 bits per heavy atom. The van der Waals surface area contributed by atoms with Crippen LogP contribution in [0.2, 0.25) is 0 Å². The molecule has 1 fully saturated rings. The summed E-state index contributed by atoms with van der Waals surface area (Å²) >= 11 is 1.61. The Hall–Kier alpha value is -1.14. The quantitative estimate of drug-likeness (QED) is 0.875. The largest absolute Gasteiger partial charge is 0.481 e. The van der Waals surface area contributed by atoms with Crippen molar-refractivity contribution < 1.29 is 14.6 Å². The van der Waals surface area contributed by atoms with Gasteiger partial charge in [-0.05, 0) is 25.7 Å². The predicted molar refractivity (Wildman–Crippen MR) is 68.3 cm³/mol. The first-order chi connectivity index (χ1) is 8.74. The standard InChI is InChI=1S/C12H16N2O3S/c15-11(16)8-1-2-9-10(8)14-12(18-9)13-7-3-5-17-6-4-7/h7-8H,1-6H2,(H,13,14)(H,15,16). The summed E-state index contributed by atoms with van der Waals surface area (Å²) in [6, 6.07) is 0.410. The SMILES string of the molecule is O=C(O)C1CCc2sc(NC3CCOCC3)nc21. The van der Waals surface area contributed by atoms with E-state index in [1.54, 1.807) is 11.3 Å². The number of carboxylic acid groups (broad SMARTS) is 1. The molecule has 98 valence electrons. The molecule has 1 aromatic heterocycles. The minimum Gasteiger partial charge on any atom is -0.481 e. The fraction of sp³-hybridized carbons (Fsp3) is 0.667. The second-order valence-electron chi connectivity index (χ2n) is 4.79. The lowest BCUT2D eigenvalue weighted by molar-refractivity contribution is -0.138. The van der Waals surface area contributed by atoms with Crippen LogP contribution in [0.1, 0.15) is 35.8 Å². The maximum absolute atomic E-state index is 11.1.